The zero-order valence-electron chi connectivity index (χ0n) is 15.7. The van der Waals surface area contributed by atoms with Crippen molar-refractivity contribution in [2.75, 3.05) is 44.7 Å². The van der Waals surface area contributed by atoms with E-state index in [4.69, 9.17) is 16.3 Å². The molecular formula is C19H25ClN4O3. The number of ether oxygens (including phenoxy) is 1. The molecule has 2 aromatic rings. The van der Waals surface area contributed by atoms with Crippen LogP contribution in [0.4, 0.5) is 5.69 Å². The number of methoxy groups -OCH3 is 1. The number of H-pyrrole nitrogens is 1. The third kappa shape index (κ3) is 4.73. The Kier molecular flexibility index (Phi) is 6.23. The van der Waals surface area contributed by atoms with Crippen LogP contribution in [0.25, 0.3) is 0 Å². The van der Waals surface area contributed by atoms with Crippen LogP contribution < -0.4 is 20.9 Å². The SMILES string of the molecule is COc1cc(Cl)ccc1N1CCN(CCCn2cc(C)c(=O)[nH]c2=O)CC1. The minimum atomic E-state index is -0.342. The predicted molar refractivity (Wildman–Crippen MR) is 107 cm³/mol. The molecule has 0 spiro atoms. The van der Waals surface area contributed by atoms with Crippen molar-refractivity contribution in [2.45, 2.75) is 19.9 Å². The van der Waals surface area contributed by atoms with Crippen molar-refractivity contribution in [3.8, 4) is 5.75 Å². The summed E-state index contributed by atoms with van der Waals surface area (Å²) >= 11 is 6.04. The van der Waals surface area contributed by atoms with Crippen LogP contribution >= 0.6 is 11.6 Å². The highest BCUT2D eigenvalue weighted by Crippen LogP contribution is 2.31. The smallest absolute Gasteiger partial charge is 0.328 e. The summed E-state index contributed by atoms with van der Waals surface area (Å²) < 4.78 is 7.03. The second-order valence-electron chi connectivity index (χ2n) is 6.76. The molecule has 1 aromatic carbocycles. The Morgan fingerprint density at radius 3 is 2.59 bits per heavy atom. The number of halogens is 1. The van der Waals surface area contributed by atoms with Gasteiger partial charge in [0.05, 0.1) is 12.8 Å². The first-order valence-corrected chi connectivity index (χ1v) is 9.47. The molecule has 1 aromatic heterocycles. The maximum absolute atomic E-state index is 11.8. The molecule has 7 nitrogen and oxygen atoms in total. The lowest BCUT2D eigenvalue weighted by Crippen LogP contribution is -2.47. The quantitative estimate of drug-likeness (QED) is 0.810. The summed E-state index contributed by atoms with van der Waals surface area (Å²) in [6.45, 7) is 6.94. The summed E-state index contributed by atoms with van der Waals surface area (Å²) in [7, 11) is 1.66. The average molecular weight is 393 g/mol. The van der Waals surface area contributed by atoms with E-state index in [9.17, 15) is 9.59 Å². The van der Waals surface area contributed by atoms with Crippen molar-refractivity contribution in [2.24, 2.45) is 0 Å². The molecule has 1 fully saturated rings. The Morgan fingerprint density at radius 1 is 1.15 bits per heavy atom. The van der Waals surface area contributed by atoms with Gasteiger partial charge in [0.25, 0.3) is 5.56 Å². The molecule has 0 aliphatic carbocycles. The van der Waals surface area contributed by atoms with Gasteiger partial charge in [-0.15, -0.1) is 0 Å². The van der Waals surface area contributed by atoms with E-state index in [1.807, 2.05) is 18.2 Å². The summed E-state index contributed by atoms with van der Waals surface area (Å²) in [4.78, 5) is 30.3. The van der Waals surface area contributed by atoms with E-state index in [1.54, 1.807) is 24.8 Å². The van der Waals surface area contributed by atoms with E-state index in [0.29, 0.717) is 17.1 Å². The third-order valence-corrected chi connectivity index (χ3v) is 5.15. The summed E-state index contributed by atoms with van der Waals surface area (Å²) in [6, 6.07) is 5.73. The Bertz CT molecular complexity index is 901. The molecule has 2 heterocycles. The molecule has 0 radical (unpaired) electrons. The lowest BCUT2D eigenvalue weighted by Gasteiger charge is -2.36. The highest BCUT2D eigenvalue weighted by molar-refractivity contribution is 6.30. The molecule has 3 rings (SSSR count). The molecule has 1 saturated heterocycles. The predicted octanol–water partition coefficient (Wildman–Crippen LogP) is 1.72. The van der Waals surface area contributed by atoms with E-state index in [1.165, 1.54) is 0 Å². The van der Waals surface area contributed by atoms with Crippen molar-refractivity contribution in [3.05, 3.63) is 55.8 Å². The number of nitrogens with one attached hydrogen (secondary N) is 1. The summed E-state index contributed by atoms with van der Waals surface area (Å²) in [6.07, 6.45) is 2.49. The first kappa shape index (κ1) is 19.5. The highest BCUT2D eigenvalue weighted by Gasteiger charge is 2.19. The maximum atomic E-state index is 11.8. The van der Waals surface area contributed by atoms with Gasteiger partial charge in [0.15, 0.2) is 0 Å². The number of anilines is 1. The number of hydrogen-bond donors (Lipinski definition) is 1. The first-order chi connectivity index (χ1) is 13.0. The van der Waals surface area contributed by atoms with Gasteiger partial charge in [0.2, 0.25) is 0 Å². The lowest BCUT2D eigenvalue weighted by molar-refractivity contribution is 0.249. The van der Waals surface area contributed by atoms with Crippen molar-refractivity contribution in [1.82, 2.24) is 14.5 Å². The molecule has 0 unspecified atom stereocenters. The summed E-state index contributed by atoms with van der Waals surface area (Å²) in [5.41, 5.74) is 0.965. The minimum absolute atomic E-state index is 0.315. The number of aryl methyl sites for hydroxylation is 2. The molecule has 1 N–H and O–H groups in total. The number of nitrogens with zero attached hydrogens (tertiary/aromatic N) is 3. The van der Waals surface area contributed by atoms with E-state index in [0.717, 1.165) is 50.6 Å². The van der Waals surface area contributed by atoms with Gasteiger partial charge in [0, 0.05) is 55.6 Å². The molecular weight excluding hydrogens is 368 g/mol. The van der Waals surface area contributed by atoms with Crippen molar-refractivity contribution >= 4 is 17.3 Å². The molecule has 0 bridgehead atoms. The molecule has 0 saturated carbocycles. The molecule has 27 heavy (non-hydrogen) atoms. The normalized spacial score (nSPS) is 15.1. The summed E-state index contributed by atoms with van der Waals surface area (Å²) in [5.74, 6) is 0.795. The van der Waals surface area contributed by atoms with Crippen molar-refractivity contribution < 1.29 is 4.74 Å². The lowest BCUT2D eigenvalue weighted by atomic mass is 10.2. The van der Waals surface area contributed by atoms with Gasteiger partial charge >= 0.3 is 5.69 Å². The van der Waals surface area contributed by atoms with Crippen LogP contribution in [0.3, 0.4) is 0 Å². The van der Waals surface area contributed by atoms with Crippen LogP contribution in [0, 0.1) is 6.92 Å². The Morgan fingerprint density at radius 2 is 1.89 bits per heavy atom. The van der Waals surface area contributed by atoms with E-state index in [2.05, 4.69) is 14.8 Å². The van der Waals surface area contributed by atoms with E-state index in [-0.39, 0.29) is 11.2 Å². The van der Waals surface area contributed by atoms with Gasteiger partial charge in [0.1, 0.15) is 5.75 Å². The fourth-order valence-electron chi connectivity index (χ4n) is 3.37. The zero-order valence-corrected chi connectivity index (χ0v) is 16.5. The number of aromatic amines is 1. The number of benzene rings is 1. The van der Waals surface area contributed by atoms with Gasteiger partial charge in [-0.3, -0.25) is 14.7 Å². The molecule has 8 heteroatoms. The Labute approximate surface area is 163 Å². The fraction of sp³-hybridized carbons (Fsp3) is 0.474. The van der Waals surface area contributed by atoms with Crippen LogP contribution in [0.15, 0.2) is 34.0 Å². The van der Waals surface area contributed by atoms with Crippen LogP contribution in [0.2, 0.25) is 5.02 Å². The number of rotatable bonds is 6. The van der Waals surface area contributed by atoms with Gasteiger partial charge in [-0.25, -0.2) is 4.79 Å². The van der Waals surface area contributed by atoms with Crippen molar-refractivity contribution in [3.63, 3.8) is 0 Å². The second kappa shape index (κ2) is 8.63. The third-order valence-electron chi connectivity index (χ3n) is 4.92. The van der Waals surface area contributed by atoms with Crippen LogP contribution in [-0.4, -0.2) is 54.3 Å². The molecule has 0 amide bonds. The van der Waals surface area contributed by atoms with E-state index >= 15 is 0 Å². The topological polar surface area (TPSA) is 70.6 Å². The highest BCUT2D eigenvalue weighted by atomic mass is 35.5. The fourth-order valence-corrected chi connectivity index (χ4v) is 3.54. The van der Waals surface area contributed by atoms with Crippen LogP contribution in [0.5, 0.6) is 5.75 Å². The van der Waals surface area contributed by atoms with Gasteiger partial charge < -0.3 is 14.2 Å². The monoisotopic (exact) mass is 392 g/mol. The van der Waals surface area contributed by atoms with E-state index < -0.39 is 0 Å². The average Bonchev–Trinajstić information content (AvgIpc) is 2.66. The Hall–Kier alpha value is -2.25. The largest absolute Gasteiger partial charge is 0.495 e. The molecule has 146 valence electrons. The minimum Gasteiger partial charge on any atom is -0.495 e. The van der Waals surface area contributed by atoms with Crippen LogP contribution in [0.1, 0.15) is 12.0 Å². The standard InChI is InChI=1S/C19H25ClN4O3/c1-14-13-24(19(26)21-18(14)25)7-3-6-22-8-10-23(11-9-22)16-5-4-15(20)12-17(16)27-2/h4-5,12-13H,3,6-11H2,1-2H3,(H,21,25,26). The van der Waals surface area contributed by atoms with Gasteiger partial charge in [-0.2, -0.15) is 0 Å². The van der Waals surface area contributed by atoms with Gasteiger partial charge in [-0.1, -0.05) is 11.6 Å². The van der Waals surface area contributed by atoms with Crippen LogP contribution in [-0.2, 0) is 6.54 Å². The zero-order chi connectivity index (χ0) is 19.4. The maximum Gasteiger partial charge on any atom is 0.328 e. The first-order valence-electron chi connectivity index (χ1n) is 9.09. The van der Waals surface area contributed by atoms with Crippen molar-refractivity contribution in [1.29, 1.82) is 0 Å². The number of piperazine rings is 1. The number of aromatic nitrogens is 2. The summed E-state index contributed by atoms with van der Waals surface area (Å²) in [5, 5.41) is 0.668. The molecule has 1 aliphatic heterocycles. The number of hydrogen-bond acceptors (Lipinski definition) is 5. The Balaban J connectivity index is 1.51. The molecule has 1 aliphatic rings. The molecule has 0 atom stereocenters. The second-order valence-corrected chi connectivity index (χ2v) is 7.20. The van der Waals surface area contributed by atoms with Gasteiger partial charge in [-0.05, 0) is 32.0 Å².